The molecule has 1 fully saturated rings. The normalized spacial score (nSPS) is 17.4. The second-order valence-corrected chi connectivity index (χ2v) is 5.33. The van der Waals surface area contributed by atoms with Gasteiger partial charge in [0, 0.05) is 11.7 Å². The van der Waals surface area contributed by atoms with Crippen LogP contribution in [0.4, 0.5) is 0 Å². The van der Waals surface area contributed by atoms with Crippen molar-refractivity contribution in [3.8, 4) is 0 Å². The number of nitrogens with one attached hydrogen (secondary N) is 2. The van der Waals surface area contributed by atoms with Gasteiger partial charge in [-0.05, 0) is 52.4 Å². The first-order chi connectivity index (χ1) is 9.02. The van der Waals surface area contributed by atoms with Crippen molar-refractivity contribution in [3.05, 3.63) is 22.5 Å². The number of piperidine rings is 1. The number of H-pyrrole nitrogens is 1. The SMILES string of the molecule is Cc1[nH]c(C=O)c(C)c1C(=O)NC1CCN(C)CC1. The van der Waals surface area contributed by atoms with E-state index in [1.165, 1.54) is 0 Å². The second-order valence-electron chi connectivity index (χ2n) is 5.33. The minimum Gasteiger partial charge on any atom is -0.356 e. The van der Waals surface area contributed by atoms with Crippen molar-refractivity contribution in [3.63, 3.8) is 0 Å². The minimum absolute atomic E-state index is 0.0751. The maximum absolute atomic E-state index is 12.3. The van der Waals surface area contributed by atoms with Crippen LogP contribution in [0, 0.1) is 13.8 Å². The number of carbonyl (C=O) groups excluding carboxylic acids is 2. The summed E-state index contributed by atoms with van der Waals surface area (Å²) in [6.07, 6.45) is 2.71. The monoisotopic (exact) mass is 263 g/mol. The Morgan fingerprint density at radius 2 is 2.00 bits per heavy atom. The number of aryl methyl sites for hydroxylation is 1. The van der Waals surface area contributed by atoms with E-state index >= 15 is 0 Å². The number of nitrogens with zero attached hydrogens (tertiary/aromatic N) is 1. The van der Waals surface area contributed by atoms with Crippen molar-refractivity contribution < 1.29 is 9.59 Å². The molecular formula is C14H21N3O2. The van der Waals surface area contributed by atoms with Gasteiger partial charge in [-0.3, -0.25) is 9.59 Å². The van der Waals surface area contributed by atoms with Crippen LogP contribution in [0.25, 0.3) is 0 Å². The minimum atomic E-state index is -0.0751. The van der Waals surface area contributed by atoms with Gasteiger partial charge in [0.1, 0.15) is 0 Å². The van der Waals surface area contributed by atoms with Gasteiger partial charge in [-0.1, -0.05) is 0 Å². The summed E-state index contributed by atoms with van der Waals surface area (Å²) in [5.74, 6) is -0.0751. The van der Waals surface area contributed by atoms with Gasteiger partial charge in [0.15, 0.2) is 6.29 Å². The largest absolute Gasteiger partial charge is 0.356 e. The molecule has 2 rings (SSSR count). The molecule has 1 aliphatic rings. The number of rotatable bonds is 3. The highest BCUT2D eigenvalue weighted by atomic mass is 16.1. The van der Waals surface area contributed by atoms with Gasteiger partial charge < -0.3 is 15.2 Å². The lowest BCUT2D eigenvalue weighted by Gasteiger charge is -2.29. The highest BCUT2D eigenvalue weighted by molar-refractivity contribution is 5.99. The molecule has 1 aromatic rings. The molecule has 19 heavy (non-hydrogen) atoms. The fourth-order valence-corrected chi connectivity index (χ4v) is 2.64. The molecule has 0 radical (unpaired) electrons. The zero-order chi connectivity index (χ0) is 14.0. The third-order valence-corrected chi connectivity index (χ3v) is 3.87. The van der Waals surface area contributed by atoms with E-state index in [9.17, 15) is 9.59 Å². The molecule has 0 bridgehead atoms. The number of hydrogen-bond donors (Lipinski definition) is 2. The topological polar surface area (TPSA) is 65.2 Å². The van der Waals surface area contributed by atoms with Gasteiger partial charge in [0.2, 0.25) is 0 Å². The van der Waals surface area contributed by atoms with Crippen molar-refractivity contribution >= 4 is 12.2 Å². The summed E-state index contributed by atoms with van der Waals surface area (Å²) in [6.45, 7) is 5.64. The van der Waals surface area contributed by atoms with E-state index in [0.29, 0.717) is 11.3 Å². The van der Waals surface area contributed by atoms with Crippen LogP contribution in [0.5, 0.6) is 0 Å². The lowest BCUT2D eigenvalue weighted by molar-refractivity contribution is 0.0916. The number of aromatic amines is 1. The van der Waals surface area contributed by atoms with Crippen molar-refractivity contribution in [2.24, 2.45) is 0 Å². The second kappa shape index (κ2) is 5.57. The van der Waals surface area contributed by atoms with Crippen molar-refractivity contribution in [1.29, 1.82) is 0 Å². The number of aromatic nitrogens is 1. The highest BCUT2D eigenvalue weighted by Crippen LogP contribution is 2.17. The average molecular weight is 263 g/mol. The molecule has 1 aliphatic heterocycles. The number of aldehydes is 1. The van der Waals surface area contributed by atoms with Gasteiger partial charge in [-0.15, -0.1) is 0 Å². The molecule has 0 unspecified atom stereocenters. The van der Waals surface area contributed by atoms with Crippen molar-refractivity contribution in [1.82, 2.24) is 15.2 Å². The summed E-state index contributed by atoms with van der Waals surface area (Å²) in [7, 11) is 2.09. The van der Waals surface area contributed by atoms with Crippen LogP contribution in [-0.2, 0) is 0 Å². The Balaban J connectivity index is 2.08. The lowest BCUT2D eigenvalue weighted by atomic mass is 10.0. The summed E-state index contributed by atoms with van der Waals surface area (Å²) in [4.78, 5) is 28.4. The van der Waals surface area contributed by atoms with Crippen molar-refractivity contribution in [2.45, 2.75) is 32.7 Å². The number of carbonyl (C=O) groups is 2. The molecule has 0 atom stereocenters. The van der Waals surface area contributed by atoms with E-state index in [2.05, 4.69) is 22.2 Å². The van der Waals surface area contributed by atoms with E-state index in [1.807, 2.05) is 6.92 Å². The van der Waals surface area contributed by atoms with Gasteiger partial charge in [-0.2, -0.15) is 0 Å². The molecule has 1 aromatic heterocycles. The summed E-state index contributed by atoms with van der Waals surface area (Å²) >= 11 is 0. The molecule has 2 heterocycles. The summed E-state index contributed by atoms with van der Waals surface area (Å²) in [6, 6.07) is 0.233. The van der Waals surface area contributed by atoms with E-state index < -0.39 is 0 Å². The number of hydrogen-bond acceptors (Lipinski definition) is 3. The molecule has 0 aromatic carbocycles. The van der Waals surface area contributed by atoms with E-state index in [-0.39, 0.29) is 11.9 Å². The molecule has 5 nitrogen and oxygen atoms in total. The Bertz CT molecular complexity index is 485. The molecule has 5 heteroatoms. The summed E-state index contributed by atoms with van der Waals surface area (Å²) in [5, 5.41) is 3.07. The molecule has 1 saturated heterocycles. The third-order valence-electron chi connectivity index (χ3n) is 3.87. The van der Waals surface area contributed by atoms with E-state index in [1.54, 1.807) is 6.92 Å². The predicted molar refractivity (Wildman–Crippen MR) is 73.6 cm³/mol. The number of likely N-dealkylation sites (tertiary alicyclic amines) is 1. The smallest absolute Gasteiger partial charge is 0.253 e. The van der Waals surface area contributed by atoms with Crippen LogP contribution >= 0.6 is 0 Å². The Morgan fingerprint density at radius 3 is 2.53 bits per heavy atom. The van der Waals surface area contributed by atoms with Gasteiger partial charge in [0.25, 0.3) is 5.91 Å². The quantitative estimate of drug-likeness (QED) is 0.807. The van der Waals surface area contributed by atoms with E-state index in [0.717, 1.165) is 43.5 Å². The fourth-order valence-electron chi connectivity index (χ4n) is 2.64. The molecule has 1 amide bonds. The Morgan fingerprint density at radius 1 is 1.37 bits per heavy atom. The first-order valence-electron chi connectivity index (χ1n) is 6.66. The summed E-state index contributed by atoms with van der Waals surface area (Å²) in [5.41, 5.74) is 2.59. The van der Waals surface area contributed by atoms with Gasteiger partial charge >= 0.3 is 0 Å². The summed E-state index contributed by atoms with van der Waals surface area (Å²) < 4.78 is 0. The average Bonchev–Trinajstić information content (AvgIpc) is 2.67. The standard InChI is InChI=1S/C14H21N3O2/c1-9-12(8-18)15-10(2)13(9)14(19)16-11-4-6-17(3)7-5-11/h8,11,15H,4-7H2,1-3H3,(H,16,19). The molecule has 2 N–H and O–H groups in total. The first-order valence-corrected chi connectivity index (χ1v) is 6.66. The molecule has 0 saturated carbocycles. The molecule has 0 aliphatic carbocycles. The van der Waals surface area contributed by atoms with Crippen LogP contribution < -0.4 is 5.32 Å². The maximum Gasteiger partial charge on any atom is 0.253 e. The Hall–Kier alpha value is -1.62. The van der Waals surface area contributed by atoms with Crippen LogP contribution in [0.15, 0.2) is 0 Å². The highest BCUT2D eigenvalue weighted by Gasteiger charge is 2.22. The van der Waals surface area contributed by atoms with Crippen molar-refractivity contribution in [2.75, 3.05) is 20.1 Å². The van der Waals surface area contributed by atoms with Crippen LogP contribution in [-0.4, -0.2) is 48.3 Å². The maximum atomic E-state index is 12.3. The lowest BCUT2D eigenvalue weighted by Crippen LogP contribution is -2.43. The Kier molecular flexibility index (Phi) is 4.04. The molecule has 104 valence electrons. The molecule has 0 spiro atoms. The fraction of sp³-hybridized carbons (Fsp3) is 0.571. The zero-order valence-corrected chi connectivity index (χ0v) is 11.7. The van der Waals surface area contributed by atoms with E-state index in [4.69, 9.17) is 0 Å². The first kappa shape index (κ1) is 13.8. The van der Waals surface area contributed by atoms with Crippen LogP contribution in [0.2, 0.25) is 0 Å². The zero-order valence-electron chi connectivity index (χ0n) is 11.7. The predicted octanol–water partition coefficient (Wildman–Crippen LogP) is 1.27. The Labute approximate surface area is 113 Å². The number of amides is 1. The van der Waals surface area contributed by atoms with Crippen LogP contribution in [0.1, 0.15) is 44.9 Å². The third kappa shape index (κ3) is 2.87. The molecular weight excluding hydrogens is 242 g/mol. The van der Waals surface area contributed by atoms with Crippen LogP contribution in [0.3, 0.4) is 0 Å². The van der Waals surface area contributed by atoms with Gasteiger partial charge in [0.05, 0.1) is 11.3 Å². The van der Waals surface area contributed by atoms with Gasteiger partial charge in [-0.25, -0.2) is 0 Å².